The highest BCUT2D eigenvalue weighted by atomic mass is 79.9. The van der Waals surface area contributed by atoms with Crippen LogP contribution in [0.25, 0.3) is 0 Å². The summed E-state index contributed by atoms with van der Waals surface area (Å²) >= 11 is 3.27. The van der Waals surface area contributed by atoms with E-state index in [1.54, 1.807) is 24.3 Å². The van der Waals surface area contributed by atoms with Gasteiger partial charge in [-0.2, -0.15) is 4.31 Å². The van der Waals surface area contributed by atoms with Crippen LogP contribution < -0.4 is 0 Å². The molecule has 2 aliphatic rings. The van der Waals surface area contributed by atoms with Gasteiger partial charge in [-0.05, 0) is 37.0 Å². The molecule has 0 bridgehead atoms. The molecule has 98 valence electrons. The number of β-amino-alcohol motifs (C(OH)–C–C–N with tert-alkyl or cyclic N) is 1. The minimum absolute atomic E-state index is 0.229. The molecule has 1 saturated carbocycles. The van der Waals surface area contributed by atoms with Gasteiger partial charge in [-0.15, -0.1) is 0 Å². The lowest BCUT2D eigenvalue weighted by atomic mass is 9.91. The predicted molar refractivity (Wildman–Crippen MR) is 70.6 cm³/mol. The molecule has 0 amide bonds. The standard InChI is InChI=1S/C12H14BrNO3S/c13-10-2-1-3-11(6-10)18(16,17)14-7-12(15,8-14)9-4-5-9/h1-3,6,9,15H,4-5,7-8H2. The van der Waals surface area contributed by atoms with E-state index in [0.717, 1.165) is 17.3 Å². The molecular formula is C12H14BrNO3S. The fourth-order valence-corrected chi connectivity index (χ4v) is 4.55. The predicted octanol–water partition coefficient (Wildman–Crippen LogP) is 1.59. The third-order valence-corrected chi connectivity index (χ3v) is 5.95. The van der Waals surface area contributed by atoms with Crippen molar-refractivity contribution in [2.24, 2.45) is 5.92 Å². The first-order chi connectivity index (χ1) is 8.42. The number of halogens is 1. The molecule has 1 aromatic carbocycles. The molecule has 0 atom stereocenters. The highest BCUT2D eigenvalue weighted by Crippen LogP contribution is 2.45. The van der Waals surface area contributed by atoms with E-state index in [1.165, 1.54) is 4.31 Å². The quantitative estimate of drug-likeness (QED) is 0.915. The zero-order valence-corrected chi connectivity index (χ0v) is 12.1. The van der Waals surface area contributed by atoms with E-state index in [9.17, 15) is 13.5 Å². The Bertz CT molecular complexity index is 577. The van der Waals surface area contributed by atoms with Gasteiger partial charge in [-0.3, -0.25) is 0 Å². The van der Waals surface area contributed by atoms with E-state index in [2.05, 4.69) is 15.9 Å². The van der Waals surface area contributed by atoms with Crippen LogP contribution in [0.4, 0.5) is 0 Å². The molecule has 4 nitrogen and oxygen atoms in total. The van der Waals surface area contributed by atoms with Crippen molar-refractivity contribution < 1.29 is 13.5 Å². The van der Waals surface area contributed by atoms with E-state index < -0.39 is 15.6 Å². The number of aliphatic hydroxyl groups is 1. The first kappa shape index (κ1) is 12.6. The van der Waals surface area contributed by atoms with E-state index in [0.29, 0.717) is 5.92 Å². The zero-order chi connectivity index (χ0) is 13.0. The highest BCUT2D eigenvalue weighted by molar-refractivity contribution is 9.10. The van der Waals surface area contributed by atoms with Crippen LogP contribution in [0.5, 0.6) is 0 Å². The summed E-state index contributed by atoms with van der Waals surface area (Å²) in [4.78, 5) is 0.273. The summed E-state index contributed by atoms with van der Waals surface area (Å²) in [7, 11) is -3.46. The molecule has 18 heavy (non-hydrogen) atoms. The van der Waals surface area contributed by atoms with E-state index in [-0.39, 0.29) is 18.0 Å². The Balaban J connectivity index is 1.80. The first-order valence-electron chi connectivity index (χ1n) is 5.90. The largest absolute Gasteiger partial charge is 0.387 e. The first-order valence-corrected chi connectivity index (χ1v) is 8.13. The van der Waals surface area contributed by atoms with E-state index >= 15 is 0 Å². The average molecular weight is 332 g/mol. The summed E-state index contributed by atoms with van der Waals surface area (Å²) in [5.74, 6) is 0.298. The molecule has 6 heteroatoms. The van der Waals surface area contributed by atoms with Gasteiger partial charge in [0, 0.05) is 17.6 Å². The maximum absolute atomic E-state index is 12.3. The minimum atomic E-state index is -3.46. The van der Waals surface area contributed by atoms with Gasteiger partial charge in [0.2, 0.25) is 10.0 Å². The number of benzene rings is 1. The topological polar surface area (TPSA) is 57.6 Å². The highest BCUT2D eigenvalue weighted by Gasteiger charge is 2.55. The third kappa shape index (κ3) is 2.01. The van der Waals surface area contributed by atoms with Gasteiger partial charge in [0.05, 0.1) is 10.5 Å². The lowest BCUT2D eigenvalue weighted by Crippen LogP contribution is -2.64. The molecule has 0 aromatic heterocycles. The average Bonchev–Trinajstić information content (AvgIpc) is 3.08. The van der Waals surface area contributed by atoms with Crippen LogP contribution in [0.3, 0.4) is 0 Å². The molecule has 0 unspecified atom stereocenters. The van der Waals surface area contributed by atoms with E-state index in [1.807, 2.05) is 0 Å². The van der Waals surface area contributed by atoms with Crippen molar-refractivity contribution in [2.45, 2.75) is 23.3 Å². The summed E-state index contributed by atoms with van der Waals surface area (Å²) in [5, 5.41) is 10.2. The molecule has 1 heterocycles. The Hall–Kier alpha value is -0.430. The van der Waals surface area contributed by atoms with Gasteiger partial charge in [0.1, 0.15) is 0 Å². The second-order valence-corrected chi connectivity index (χ2v) is 7.96. The second-order valence-electron chi connectivity index (χ2n) is 5.11. The van der Waals surface area contributed by atoms with Crippen LogP contribution in [0.2, 0.25) is 0 Å². The van der Waals surface area contributed by atoms with Crippen molar-refractivity contribution in [3.05, 3.63) is 28.7 Å². The number of sulfonamides is 1. The van der Waals surface area contributed by atoms with Crippen LogP contribution in [0, 0.1) is 5.92 Å². The summed E-state index contributed by atoms with van der Waals surface area (Å²) in [6.45, 7) is 0.457. The number of hydrogen-bond donors (Lipinski definition) is 1. The molecule has 1 saturated heterocycles. The molecule has 0 spiro atoms. The van der Waals surface area contributed by atoms with E-state index in [4.69, 9.17) is 0 Å². The number of hydrogen-bond acceptors (Lipinski definition) is 3. The van der Waals surface area contributed by atoms with Crippen molar-refractivity contribution in [3.63, 3.8) is 0 Å². The van der Waals surface area contributed by atoms with Crippen LogP contribution >= 0.6 is 15.9 Å². The number of rotatable bonds is 3. The fourth-order valence-electron chi connectivity index (χ4n) is 2.39. The van der Waals surface area contributed by atoms with Crippen molar-refractivity contribution >= 4 is 26.0 Å². The lowest BCUT2D eigenvalue weighted by molar-refractivity contribution is -0.0764. The van der Waals surface area contributed by atoms with Crippen LogP contribution in [0.15, 0.2) is 33.6 Å². The van der Waals surface area contributed by atoms with Crippen LogP contribution in [0.1, 0.15) is 12.8 Å². The number of nitrogens with zero attached hydrogens (tertiary/aromatic N) is 1. The van der Waals surface area contributed by atoms with Crippen LogP contribution in [-0.4, -0.2) is 36.5 Å². The van der Waals surface area contributed by atoms with Gasteiger partial charge >= 0.3 is 0 Å². The molecule has 0 radical (unpaired) electrons. The Morgan fingerprint density at radius 2 is 2.00 bits per heavy atom. The van der Waals surface area contributed by atoms with Gasteiger partial charge in [0.15, 0.2) is 0 Å². The summed E-state index contributed by atoms with van der Waals surface area (Å²) in [6.07, 6.45) is 2.03. The molecule has 2 fully saturated rings. The van der Waals surface area contributed by atoms with Crippen molar-refractivity contribution in [2.75, 3.05) is 13.1 Å². The fraction of sp³-hybridized carbons (Fsp3) is 0.500. The monoisotopic (exact) mass is 331 g/mol. The summed E-state index contributed by atoms with van der Waals surface area (Å²) in [5.41, 5.74) is -0.779. The smallest absolute Gasteiger partial charge is 0.243 e. The maximum atomic E-state index is 12.3. The van der Waals surface area contributed by atoms with Gasteiger partial charge in [-0.1, -0.05) is 22.0 Å². The molecular weight excluding hydrogens is 318 g/mol. The molecule has 3 rings (SSSR count). The normalized spacial score (nSPS) is 23.7. The minimum Gasteiger partial charge on any atom is -0.387 e. The third-order valence-electron chi connectivity index (χ3n) is 3.67. The van der Waals surface area contributed by atoms with Crippen molar-refractivity contribution in [1.82, 2.24) is 4.31 Å². The van der Waals surface area contributed by atoms with Crippen molar-refractivity contribution in [1.29, 1.82) is 0 Å². The summed E-state index contributed by atoms with van der Waals surface area (Å²) in [6, 6.07) is 6.65. The Labute approximate surface area is 115 Å². The Morgan fingerprint density at radius 1 is 1.33 bits per heavy atom. The van der Waals surface area contributed by atoms with Crippen LogP contribution in [-0.2, 0) is 10.0 Å². The van der Waals surface area contributed by atoms with Gasteiger partial charge in [-0.25, -0.2) is 8.42 Å². The maximum Gasteiger partial charge on any atom is 0.243 e. The Kier molecular flexibility index (Phi) is 2.82. The zero-order valence-electron chi connectivity index (χ0n) is 9.71. The van der Waals surface area contributed by atoms with Crippen molar-refractivity contribution in [3.8, 4) is 0 Å². The second kappa shape index (κ2) is 4.03. The summed E-state index contributed by atoms with van der Waals surface area (Å²) < 4.78 is 26.7. The Morgan fingerprint density at radius 3 is 2.56 bits per heavy atom. The molecule has 1 aliphatic carbocycles. The lowest BCUT2D eigenvalue weighted by Gasteiger charge is -2.45. The van der Waals surface area contributed by atoms with Gasteiger partial charge < -0.3 is 5.11 Å². The SMILES string of the molecule is O=S(=O)(c1cccc(Br)c1)N1CC(O)(C2CC2)C1. The molecule has 1 N–H and O–H groups in total. The molecule has 1 aliphatic heterocycles. The molecule has 1 aromatic rings. The van der Waals surface area contributed by atoms with Gasteiger partial charge in [0.25, 0.3) is 0 Å².